The number of halogens is 5. The molecule has 2 aliphatic heterocycles. The molecule has 2 aliphatic rings. The number of rotatable bonds is 4. The summed E-state index contributed by atoms with van der Waals surface area (Å²) in [6, 6.07) is 7.13. The van der Waals surface area contributed by atoms with Gasteiger partial charge in [0, 0.05) is 37.7 Å². The summed E-state index contributed by atoms with van der Waals surface area (Å²) in [7, 11) is 0. The van der Waals surface area contributed by atoms with Gasteiger partial charge in [-0.3, -0.25) is 4.79 Å². The van der Waals surface area contributed by atoms with Crippen LogP contribution in [0.3, 0.4) is 0 Å². The zero-order valence-electron chi connectivity index (χ0n) is 19.7. The average molecular weight is 518 g/mol. The molecule has 0 atom stereocenters. The summed E-state index contributed by atoms with van der Waals surface area (Å²) < 4.78 is 73.1. The number of carbonyl (C=O) groups is 1. The molecule has 1 aromatic heterocycles. The van der Waals surface area contributed by atoms with Crippen LogP contribution in [0.15, 0.2) is 42.5 Å². The third-order valence-corrected chi connectivity index (χ3v) is 6.47. The van der Waals surface area contributed by atoms with Crippen molar-refractivity contribution in [1.29, 1.82) is 0 Å². The number of aromatic nitrogens is 2. The molecule has 0 spiro atoms. The number of hydrogen-bond acceptors (Lipinski definition) is 5. The summed E-state index contributed by atoms with van der Waals surface area (Å²) in [5, 5.41) is 0. The van der Waals surface area contributed by atoms with Crippen LogP contribution in [0.4, 0.5) is 27.9 Å². The van der Waals surface area contributed by atoms with Crippen LogP contribution < -0.4 is 9.64 Å². The van der Waals surface area contributed by atoms with Crippen LogP contribution in [-0.4, -0.2) is 40.4 Å². The minimum absolute atomic E-state index is 0.0256. The van der Waals surface area contributed by atoms with Gasteiger partial charge in [-0.25, -0.2) is 13.8 Å². The average Bonchev–Trinajstić information content (AvgIpc) is 2.89. The molecule has 0 unspecified atom stereocenters. The SMILES string of the molecule is O=C(c1cccc(C(F)(F)F)c1)N1CCc2nc(N3CCCCC3)nc(Oc3ccc(F)cc3F)c2C1. The normalized spacial score (nSPS) is 15.9. The van der Waals surface area contributed by atoms with Crippen LogP contribution in [0.2, 0.25) is 0 Å². The first-order valence-electron chi connectivity index (χ1n) is 11.9. The lowest BCUT2D eigenvalue weighted by molar-refractivity contribution is -0.137. The van der Waals surface area contributed by atoms with Crippen molar-refractivity contribution in [2.24, 2.45) is 0 Å². The molecule has 0 radical (unpaired) electrons. The summed E-state index contributed by atoms with van der Waals surface area (Å²) in [6.07, 6.45) is -1.22. The van der Waals surface area contributed by atoms with Crippen LogP contribution >= 0.6 is 0 Å². The molecule has 5 rings (SSSR count). The number of ether oxygens (including phenoxy) is 1. The van der Waals surface area contributed by atoms with Gasteiger partial charge in [-0.2, -0.15) is 18.2 Å². The Morgan fingerprint density at radius 1 is 0.946 bits per heavy atom. The van der Waals surface area contributed by atoms with Gasteiger partial charge in [0.15, 0.2) is 11.6 Å². The number of fused-ring (bicyclic) bond motifs is 1. The van der Waals surface area contributed by atoms with Crippen LogP contribution in [0, 0.1) is 11.6 Å². The van der Waals surface area contributed by atoms with E-state index >= 15 is 0 Å². The molecule has 37 heavy (non-hydrogen) atoms. The zero-order chi connectivity index (χ0) is 26.2. The highest BCUT2D eigenvalue weighted by Crippen LogP contribution is 2.34. The number of hydrogen-bond donors (Lipinski definition) is 0. The first-order chi connectivity index (χ1) is 17.7. The molecule has 3 heterocycles. The Morgan fingerprint density at radius 3 is 2.46 bits per heavy atom. The molecule has 0 saturated carbocycles. The molecule has 1 fully saturated rings. The zero-order valence-corrected chi connectivity index (χ0v) is 19.7. The molecule has 11 heteroatoms. The molecule has 3 aromatic rings. The van der Waals surface area contributed by atoms with Gasteiger partial charge in [-0.15, -0.1) is 0 Å². The van der Waals surface area contributed by atoms with Crippen molar-refractivity contribution in [3.63, 3.8) is 0 Å². The molecule has 0 N–H and O–H groups in total. The van der Waals surface area contributed by atoms with Gasteiger partial charge in [-0.05, 0) is 49.6 Å². The molecule has 1 saturated heterocycles. The fourth-order valence-electron chi connectivity index (χ4n) is 4.54. The van der Waals surface area contributed by atoms with Gasteiger partial charge in [-0.1, -0.05) is 6.07 Å². The van der Waals surface area contributed by atoms with E-state index in [0.29, 0.717) is 29.7 Å². The largest absolute Gasteiger partial charge is 0.435 e. The fourth-order valence-corrected chi connectivity index (χ4v) is 4.54. The standard InChI is InChI=1S/C26H23F5N4O2/c27-18-7-8-22(20(28)14-18)37-23-19-15-35(24(36)16-5-4-6-17(13-16)26(29,30)31)12-9-21(19)32-25(33-23)34-10-2-1-3-11-34/h4-8,13-14H,1-3,9-12,15H2. The molecule has 0 bridgehead atoms. The van der Waals surface area contributed by atoms with Gasteiger partial charge in [0.05, 0.1) is 23.4 Å². The van der Waals surface area contributed by atoms with Crippen molar-refractivity contribution in [3.8, 4) is 11.6 Å². The van der Waals surface area contributed by atoms with Gasteiger partial charge in [0.2, 0.25) is 11.8 Å². The van der Waals surface area contributed by atoms with E-state index in [4.69, 9.17) is 4.74 Å². The van der Waals surface area contributed by atoms with E-state index in [1.54, 1.807) is 0 Å². The number of alkyl halides is 3. The Hall–Kier alpha value is -3.76. The van der Waals surface area contributed by atoms with Crippen molar-refractivity contribution in [3.05, 3.63) is 76.5 Å². The quantitative estimate of drug-likeness (QED) is 0.412. The summed E-state index contributed by atoms with van der Waals surface area (Å²) in [6.45, 7) is 1.69. The van der Waals surface area contributed by atoms with E-state index in [2.05, 4.69) is 9.97 Å². The first kappa shape index (κ1) is 24.9. The predicted molar refractivity (Wildman–Crippen MR) is 124 cm³/mol. The summed E-state index contributed by atoms with van der Waals surface area (Å²) >= 11 is 0. The predicted octanol–water partition coefficient (Wildman–Crippen LogP) is 5.75. The third kappa shape index (κ3) is 5.35. The van der Waals surface area contributed by atoms with Crippen molar-refractivity contribution in [1.82, 2.24) is 14.9 Å². The number of piperidine rings is 1. The highest BCUT2D eigenvalue weighted by atomic mass is 19.4. The van der Waals surface area contributed by atoms with Gasteiger partial charge < -0.3 is 14.5 Å². The van der Waals surface area contributed by atoms with Crippen molar-refractivity contribution in [2.45, 2.75) is 38.4 Å². The minimum atomic E-state index is -4.58. The topological polar surface area (TPSA) is 58.6 Å². The second kappa shape index (κ2) is 9.95. The number of benzene rings is 2. The number of nitrogens with zero attached hydrogens (tertiary/aromatic N) is 4. The van der Waals surface area contributed by atoms with E-state index in [9.17, 15) is 26.7 Å². The van der Waals surface area contributed by atoms with Crippen LogP contribution in [-0.2, 0) is 19.1 Å². The third-order valence-electron chi connectivity index (χ3n) is 6.47. The molecule has 1 amide bonds. The lowest BCUT2D eigenvalue weighted by Crippen LogP contribution is -2.38. The molecule has 0 aliphatic carbocycles. The van der Waals surface area contributed by atoms with E-state index in [-0.39, 0.29) is 30.3 Å². The maximum Gasteiger partial charge on any atom is 0.416 e. The minimum Gasteiger partial charge on any atom is -0.435 e. The van der Waals surface area contributed by atoms with Crippen molar-refractivity contribution < 1.29 is 31.5 Å². The molecular formula is C26H23F5N4O2. The molecule has 6 nitrogen and oxygen atoms in total. The van der Waals surface area contributed by atoms with E-state index in [0.717, 1.165) is 56.6 Å². The Kier molecular flexibility index (Phi) is 6.70. The second-order valence-corrected chi connectivity index (χ2v) is 9.03. The summed E-state index contributed by atoms with van der Waals surface area (Å²) in [5.41, 5.74) is 0.0227. The Labute approximate surface area is 209 Å². The van der Waals surface area contributed by atoms with E-state index in [1.807, 2.05) is 4.90 Å². The van der Waals surface area contributed by atoms with Crippen molar-refractivity contribution in [2.75, 3.05) is 24.5 Å². The Balaban J connectivity index is 1.48. The Bertz CT molecular complexity index is 1320. The fraction of sp³-hybridized carbons (Fsp3) is 0.346. The monoisotopic (exact) mass is 518 g/mol. The van der Waals surface area contributed by atoms with E-state index in [1.165, 1.54) is 17.0 Å². The summed E-state index contributed by atoms with van der Waals surface area (Å²) in [4.78, 5) is 25.7. The van der Waals surface area contributed by atoms with E-state index < -0.39 is 29.3 Å². The molecule has 194 valence electrons. The first-order valence-corrected chi connectivity index (χ1v) is 11.9. The number of anilines is 1. The second-order valence-electron chi connectivity index (χ2n) is 9.03. The Morgan fingerprint density at radius 2 is 1.73 bits per heavy atom. The highest BCUT2D eigenvalue weighted by Gasteiger charge is 2.33. The number of amides is 1. The van der Waals surface area contributed by atoms with Gasteiger partial charge in [0.1, 0.15) is 5.82 Å². The lowest BCUT2D eigenvalue weighted by Gasteiger charge is -2.32. The van der Waals surface area contributed by atoms with Crippen LogP contribution in [0.1, 0.15) is 46.4 Å². The lowest BCUT2D eigenvalue weighted by atomic mass is 10.0. The maximum absolute atomic E-state index is 14.4. The van der Waals surface area contributed by atoms with Crippen LogP contribution in [0.25, 0.3) is 0 Å². The molecule has 2 aromatic carbocycles. The molecular weight excluding hydrogens is 495 g/mol. The highest BCUT2D eigenvalue weighted by molar-refractivity contribution is 5.94. The number of carbonyl (C=O) groups excluding carboxylic acids is 1. The van der Waals surface area contributed by atoms with Gasteiger partial charge in [0.25, 0.3) is 5.91 Å². The van der Waals surface area contributed by atoms with Gasteiger partial charge >= 0.3 is 6.18 Å². The van der Waals surface area contributed by atoms with Crippen LogP contribution in [0.5, 0.6) is 11.6 Å². The maximum atomic E-state index is 14.4. The van der Waals surface area contributed by atoms with Crippen molar-refractivity contribution >= 4 is 11.9 Å². The smallest absolute Gasteiger partial charge is 0.416 e. The summed E-state index contributed by atoms with van der Waals surface area (Å²) in [5.74, 6) is -2.06.